The second kappa shape index (κ2) is 9.69. The number of guanidine groups is 1. The topological polar surface area (TPSA) is 101 Å². The monoisotopic (exact) mass is 422 g/mol. The molecule has 2 unspecified atom stereocenters. The number of nitrogens with one attached hydrogen (secondary N) is 4. The molecule has 8 heteroatoms. The molecule has 1 aliphatic rings. The molecule has 1 amide bonds. The average Bonchev–Trinajstić information content (AvgIpc) is 3.20. The lowest BCUT2D eigenvalue weighted by Crippen LogP contribution is -2.50. The number of hydrogen-bond donors (Lipinski definition) is 4. The molecule has 1 fully saturated rings. The summed E-state index contributed by atoms with van der Waals surface area (Å²) >= 11 is 0. The van der Waals surface area contributed by atoms with Crippen LogP contribution in [-0.4, -0.2) is 24.6 Å². The number of hydrogen-bond acceptors (Lipinski definition) is 4. The molecule has 4 N–H and O–H groups in total. The first kappa shape index (κ1) is 22.4. The van der Waals surface area contributed by atoms with E-state index in [1.165, 1.54) is 18.2 Å². The van der Waals surface area contributed by atoms with Crippen LogP contribution < -0.4 is 21.5 Å². The highest BCUT2D eigenvalue weighted by Crippen LogP contribution is 2.21. The van der Waals surface area contributed by atoms with Crippen LogP contribution in [0, 0.1) is 22.6 Å². The largest absolute Gasteiger partial charge is 0.355 e. The Morgan fingerprint density at radius 3 is 2.65 bits per heavy atom. The molecule has 0 aromatic heterocycles. The van der Waals surface area contributed by atoms with Gasteiger partial charge in [-0.25, -0.2) is 15.2 Å². The van der Waals surface area contributed by atoms with Crippen molar-refractivity contribution in [3.8, 4) is 6.07 Å². The normalized spacial score (nSPS) is 19.0. The van der Waals surface area contributed by atoms with Crippen molar-refractivity contribution in [1.82, 2.24) is 21.5 Å². The van der Waals surface area contributed by atoms with Crippen molar-refractivity contribution in [2.45, 2.75) is 39.4 Å². The van der Waals surface area contributed by atoms with E-state index in [0.717, 1.165) is 5.56 Å². The predicted molar refractivity (Wildman–Crippen MR) is 117 cm³/mol. The van der Waals surface area contributed by atoms with Crippen molar-refractivity contribution in [3.05, 3.63) is 71.0 Å². The molecule has 3 rings (SSSR count). The summed E-state index contributed by atoms with van der Waals surface area (Å²) in [4.78, 5) is 16.9. The number of rotatable bonds is 4. The zero-order valence-electron chi connectivity index (χ0n) is 17.9. The summed E-state index contributed by atoms with van der Waals surface area (Å²) in [5.41, 5.74) is 8.02. The SMILES string of the molecule is CC(C)(C)CN/C(=N/C(=O)c1cccc(C#N)c1)NC1CC(c2ccc(F)cc2)NN1. The van der Waals surface area contributed by atoms with Crippen molar-refractivity contribution in [3.63, 3.8) is 0 Å². The molecule has 0 spiro atoms. The molecule has 2 aromatic carbocycles. The molecule has 0 aliphatic carbocycles. The molecule has 0 radical (unpaired) electrons. The molecule has 1 heterocycles. The quantitative estimate of drug-likeness (QED) is 0.446. The Balaban J connectivity index is 1.72. The lowest BCUT2D eigenvalue weighted by molar-refractivity contribution is 0.100. The Labute approximate surface area is 181 Å². The van der Waals surface area contributed by atoms with E-state index in [0.29, 0.717) is 30.1 Å². The summed E-state index contributed by atoms with van der Waals surface area (Å²) in [7, 11) is 0. The Hall–Kier alpha value is -3.28. The molecule has 7 nitrogen and oxygen atoms in total. The number of carbonyl (C=O) groups is 1. The minimum absolute atomic E-state index is 0.00928. The minimum Gasteiger partial charge on any atom is -0.355 e. The van der Waals surface area contributed by atoms with E-state index in [1.807, 2.05) is 6.07 Å². The summed E-state index contributed by atoms with van der Waals surface area (Å²) in [6.45, 7) is 6.84. The third-order valence-electron chi connectivity index (χ3n) is 4.72. The Morgan fingerprint density at radius 1 is 1.23 bits per heavy atom. The Bertz CT molecular complexity index is 990. The van der Waals surface area contributed by atoms with Gasteiger partial charge in [-0.3, -0.25) is 4.79 Å². The summed E-state index contributed by atoms with van der Waals surface area (Å²) in [6.07, 6.45) is 0.472. The first-order valence-corrected chi connectivity index (χ1v) is 10.1. The molecule has 0 bridgehead atoms. The van der Waals surface area contributed by atoms with Crippen LogP contribution in [0.5, 0.6) is 0 Å². The van der Waals surface area contributed by atoms with Gasteiger partial charge in [-0.05, 0) is 41.3 Å². The van der Waals surface area contributed by atoms with E-state index in [4.69, 9.17) is 5.26 Å². The number of nitrogens with zero attached hydrogens (tertiary/aromatic N) is 2. The first-order chi connectivity index (χ1) is 14.7. The average molecular weight is 423 g/mol. The standard InChI is InChI=1S/C23H27FN6O/c1-23(2,3)14-26-22(28-21(31)17-6-4-5-15(11-17)13-25)27-20-12-19(29-30-20)16-7-9-18(24)10-8-16/h4-11,19-20,29-30H,12,14H2,1-3H3,(H2,26,27,28,31). The van der Waals surface area contributed by atoms with Gasteiger partial charge in [0.25, 0.3) is 5.91 Å². The van der Waals surface area contributed by atoms with Crippen LogP contribution in [0.4, 0.5) is 4.39 Å². The fourth-order valence-corrected chi connectivity index (χ4v) is 3.09. The minimum atomic E-state index is -0.443. The maximum absolute atomic E-state index is 13.2. The van der Waals surface area contributed by atoms with E-state index in [1.54, 1.807) is 30.3 Å². The van der Waals surface area contributed by atoms with Gasteiger partial charge in [0.05, 0.1) is 17.8 Å². The van der Waals surface area contributed by atoms with Crippen molar-refractivity contribution in [2.75, 3.05) is 6.54 Å². The third-order valence-corrected chi connectivity index (χ3v) is 4.72. The number of hydrazine groups is 1. The maximum Gasteiger partial charge on any atom is 0.280 e. The van der Waals surface area contributed by atoms with E-state index < -0.39 is 5.91 Å². The van der Waals surface area contributed by atoms with Gasteiger partial charge in [0, 0.05) is 24.6 Å². The van der Waals surface area contributed by atoms with E-state index in [2.05, 4.69) is 47.2 Å². The van der Waals surface area contributed by atoms with Crippen molar-refractivity contribution < 1.29 is 9.18 Å². The highest BCUT2D eigenvalue weighted by Gasteiger charge is 2.26. The number of benzene rings is 2. The zero-order chi connectivity index (χ0) is 22.4. The summed E-state index contributed by atoms with van der Waals surface area (Å²) in [5, 5.41) is 15.5. The van der Waals surface area contributed by atoms with Crippen LogP contribution in [0.1, 0.15) is 54.7 Å². The lowest BCUT2D eigenvalue weighted by atomic mass is 9.97. The molecule has 162 valence electrons. The predicted octanol–water partition coefficient (Wildman–Crippen LogP) is 2.98. The molecule has 0 saturated carbocycles. The van der Waals surface area contributed by atoms with Gasteiger partial charge in [-0.15, -0.1) is 0 Å². The van der Waals surface area contributed by atoms with Gasteiger partial charge in [-0.2, -0.15) is 10.3 Å². The number of aliphatic imine (C=N–C) groups is 1. The van der Waals surface area contributed by atoms with Gasteiger partial charge in [0.15, 0.2) is 0 Å². The van der Waals surface area contributed by atoms with E-state index in [9.17, 15) is 9.18 Å². The van der Waals surface area contributed by atoms with Crippen molar-refractivity contribution in [2.24, 2.45) is 10.4 Å². The first-order valence-electron chi connectivity index (χ1n) is 10.1. The highest BCUT2D eigenvalue weighted by atomic mass is 19.1. The van der Waals surface area contributed by atoms with Crippen LogP contribution in [0.2, 0.25) is 0 Å². The third kappa shape index (κ3) is 6.60. The number of carbonyl (C=O) groups excluding carboxylic acids is 1. The van der Waals surface area contributed by atoms with Gasteiger partial charge < -0.3 is 10.6 Å². The fourth-order valence-electron chi connectivity index (χ4n) is 3.09. The molecule has 2 atom stereocenters. The lowest BCUT2D eigenvalue weighted by Gasteiger charge is -2.23. The van der Waals surface area contributed by atoms with Crippen molar-refractivity contribution >= 4 is 11.9 Å². The highest BCUT2D eigenvalue weighted by molar-refractivity contribution is 6.02. The van der Waals surface area contributed by atoms with Crippen LogP contribution in [0.3, 0.4) is 0 Å². The molecule has 1 aliphatic heterocycles. The summed E-state index contributed by atoms with van der Waals surface area (Å²) < 4.78 is 13.2. The Morgan fingerprint density at radius 2 is 1.97 bits per heavy atom. The second-order valence-corrected chi connectivity index (χ2v) is 8.70. The van der Waals surface area contributed by atoms with Gasteiger partial charge >= 0.3 is 0 Å². The van der Waals surface area contributed by atoms with Crippen molar-refractivity contribution in [1.29, 1.82) is 5.26 Å². The zero-order valence-corrected chi connectivity index (χ0v) is 17.9. The molecular formula is C23H27FN6O. The van der Waals surface area contributed by atoms with E-state index >= 15 is 0 Å². The molecule has 2 aromatic rings. The maximum atomic E-state index is 13.2. The van der Waals surface area contributed by atoms with Gasteiger partial charge in [0.2, 0.25) is 5.96 Å². The van der Waals surface area contributed by atoms with Crippen LogP contribution in [0.15, 0.2) is 53.5 Å². The summed E-state index contributed by atoms with van der Waals surface area (Å²) in [6, 6.07) is 14.8. The molecular weight excluding hydrogens is 395 g/mol. The molecule has 31 heavy (non-hydrogen) atoms. The Kier molecular flexibility index (Phi) is 7.00. The summed E-state index contributed by atoms with van der Waals surface area (Å²) in [5.74, 6) is -0.368. The number of halogens is 1. The molecule has 1 saturated heterocycles. The smallest absolute Gasteiger partial charge is 0.280 e. The second-order valence-electron chi connectivity index (χ2n) is 8.70. The van der Waals surface area contributed by atoms with Crippen LogP contribution in [-0.2, 0) is 0 Å². The van der Waals surface area contributed by atoms with Gasteiger partial charge in [-0.1, -0.05) is 39.0 Å². The van der Waals surface area contributed by atoms with Crippen LogP contribution >= 0.6 is 0 Å². The number of nitriles is 1. The van der Waals surface area contributed by atoms with Crippen LogP contribution in [0.25, 0.3) is 0 Å². The fraction of sp³-hybridized carbons (Fsp3) is 0.348. The van der Waals surface area contributed by atoms with E-state index in [-0.39, 0.29) is 23.4 Å². The van der Waals surface area contributed by atoms with Gasteiger partial charge in [0.1, 0.15) is 5.82 Å². The number of amides is 1.